The van der Waals surface area contributed by atoms with Gasteiger partial charge in [0.05, 0.1) is 12.3 Å². The van der Waals surface area contributed by atoms with Crippen LogP contribution in [0.4, 0.5) is 0 Å². The molecule has 4 heteroatoms. The third-order valence-electron chi connectivity index (χ3n) is 3.11. The minimum absolute atomic E-state index is 0.114. The third-order valence-corrected chi connectivity index (χ3v) is 3.11. The molecule has 0 radical (unpaired) electrons. The quantitative estimate of drug-likeness (QED) is 0.841. The molecular weight excluding hydrogens is 276 g/mol. The predicted octanol–water partition coefficient (Wildman–Crippen LogP) is 3.94. The van der Waals surface area contributed by atoms with Crippen LogP contribution in [0.5, 0.6) is 17.4 Å². The van der Waals surface area contributed by atoms with Gasteiger partial charge in [-0.1, -0.05) is 12.1 Å². The number of pyridine rings is 1. The van der Waals surface area contributed by atoms with E-state index in [9.17, 15) is 0 Å². The molecule has 0 aliphatic carbocycles. The standard InChI is InChI=1S/C18H24N2O2/c1-13(2)21-18-11-10-17(12-20-18)22-16-8-6-15(7-9-16)5-4-14(3)19/h6-14H,4-5,19H2,1-3H3/t14-/m0/s1. The molecular formula is C18H24N2O2. The number of nitrogens with zero attached hydrogens (tertiary/aromatic N) is 1. The van der Waals surface area contributed by atoms with Crippen LogP contribution in [0, 0.1) is 0 Å². The van der Waals surface area contributed by atoms with Crippen molar-refractivity contribution in [2.75, 3.05) is 0 Å². The second-order valence-electron chi connectivity index (χ2n) is 5.76. The van der Waals surface area contributed by atoms with Crippen LogP contribution in [0.1, 0.15) is 32.8 Å². The molecule has 2 rings (SSSR count). The lowest BCUT2D eigenvalue weighted by molar-refractivity contribution is 0.232. The number of hydrogen-bond donors (Lipinski definition) is 1. The van der Waals surface area contributed by atoms with Crippen LogP contribution in [-0.4, -0.2) is 17.1 Å². The van der Waals surface area contributed by atoms with Crippen molar-refractivity contribution < 1.29 is 9.47 Å². The van der Waals surface area contributed by atoms with Gasteiger partial charge in [-0.15, -0.1) is 0 Å². The first-order chi connectivity index (χ1) is 10.5. The molecule has 1 aromatic carbocycles. The van der Waals surface area contributed by atoms with Gasteiger partial charge in [-0.05, 0) is 57.4 Å². The predicted molar refractivity (Wildman–Crippen MR) is 88.5 cm³/mol. The van der Waals surface area contributed by atoms with Crippen molar-refractivity contribution >= 4 is 0 Å². The molecule has 4 nitrogen and oxygen atoms in total. The van der Waals surface area contributed by atoms with Gasteiger partial charge >= 0.3 is 0 Å². The van der Waals surface area contributed by atoms with Gasteiger partial charge < -0.3 is 15.2 Å². The number of aromatic nitrogens is 1. The summed E-state index contributed by atoms with van der Waals surface area (Å²) < 4.78 is 11.3. The number of rotatable bonds is 7. The molecule has 1 heterocycles. The molecule has 1 atom stereocenters. The van der Waals surface area contributed by atoms with Crippen molar-refractivity contribution in [1.29, 1.82) is 0 Å². The Bertz CT molecular complexity index is 563. The average molecular weight is 300 g/mol. The lowest BCUT2D eigenvalue weighted by Crippen LogP contribution is -2.15. The lowest BCUT2D eigenvalue weighted by Gasteiger charge is -2.10. The van der Waals surface area contributed by atoms with Crippen molar-refractivity contribution in [1.82, 2.24) is 4.98 Å². The minimum Gasteiger partial charge on any atom is -0.475 e. The molecule has 0 fully saturated rings. The van der Waals surface area contributed by atoms with Crippen LogP contribution in [-0.2, 0) is 6.42 Å². The summed E-state index contributed by atoms with van der Waals surface area (Å²) in [6.45, 7) is 5.97. The Labute approximate surface area is 132 Å². The molecule has 2 N–H and O–H groups in total. The normalized spacial score (nSPS) is 12.2. The van der Waals surface area contributed by atoms with E-state index >= 15 is 0 Å². The van der Waals surface area contributed by atoms with Crippen molar-refractivity contribution in [3.63, 3.8) is 0 Å². The fourth-order valence-electron chi connectivity index (χ4n) is 1.99. The average Bonchev–Trinajstić information content (AvgIpc) is 2.48. The monoisotopic (exact) mass is 300 g/mol. The summed E-state index contributed by atoms with van der Waals surface area (Å²) in [6, 6.07) is 12.0. The van der Waals surface area contributed by atoms with Gasteiger partial charge in [0.2, 0.25) is 5.88 Å². The first-order valence-corrected chi connectivity index (χ1v) is 7.68. The maximum absolute atomic E-state index is 5.78. The van der Waals surface area contributed by atoms with Crippen molar-refractivity contribution in [2.45, 2.75) is 45.8 Å². The van der Waals surface area contributed by atoms with Crippen LogP contribution in [0.15, 0.2) is 42.6 Å². The van der Waals surface area contributed by atoms with Gasteiger partial charge in [0, 0.05) is 12.1 Å². The molecule has 118 valence electrons. The van der Waals surface area contributed by atoms with Crippen molar-refractivity contribution in [3.05, 3.63) is 48.2 Å². The minimum atomic E-state index is 0.114. The van der Waals surface area contributed by atoms with Crippen LogP contribution in [0.25, 0.3) is 0 Å². The molecule has 0 spiro atoms. The van der Waals surface area contributed by atoms with Gasteiger partial charge in [0.25, 0.3) is 0 Å². The van der Waals surface area contributed by atoms with Crippen LogP contribution < -0.4 is 15.2 Å². The van der Waals surface area contributed by atoms with E-state index in [1.165, 1.54) is 5.56 Å². The largest absolute Gasteiger partial charge is 0.475 e. The SMILES string of the molecule is CC(C)Oc1ccc(Oc2ccc(CC[C@H](C)N)cc2)cn1. The van der Waals surface area contributed by atoms with Crippen LogP contribution >= 0.6 is 0 Å². The van der Waals surface area contributed by atoms with Crippen LogP contribution in [0.3, 0.4) is 0 Å². The Hall–Kier alpha value is -2.07. The van der Waals surface area contributed by atoms with E-state index in [1.807, 2.05) is 45.0 Å². The summed E-state index contributed by atoms with van der Waals surface area (Å²) in [7, 11) is 0. The Kier molecular flexibility index (Phi) is 5.78. The molecule has 0 unspecified atom stereocenters. The summed E-state index contributed by atoms with van der Waals surface area (Å²) in [4.78, 5) is 4.22. The number of aryl methyl sites for hydroxylation is 1. The van der Waals surface area contributed by atoms with Gasteiger partial charge in [-0.25, -0.2) is 4.98 Å². The Balaban J connectivity index is 1.93. The smallest absolute Gasteiger partial charge is 0.213 e. The number of hydrogen-bond acceptors (Lipinski definition) is 4. The number of nitrogens with two attached hydrogens (primary N) is 1. The fourth-order valence-corrected chi connectivity index (χ4v) is 1.99. The second-order valence-corrected chi connectivity index (χ2v) is 5.76. The highest BCUT2D eigenvalue weighted by atomic mass is 16.5. The van der Waals surface area contributed by atoms with Crippen molar-refractivity contribution in [2.24, 2.45) is 5.73 Å². The summed E-state index contributed by atoms with van der Waals surface area (Å²) in [5, 5.41) is 0. The summed E-state index contributed by atoms with van der Waals surface area (Å²) in [5.74, 6) is 2.09. The van der Waals surface area contributed by atoms with E-state index < -0.39 is 0 Å². The topological polar surface area (TPSA) is 57.4 Å². The zero-order chi connectivity index (χ0) is 15.9. The molecule has 0 saturated carbocycles. The second kappa shape index (κ2) is 7.80. The zero-order valence-corrected chi connectivity index (χ0v) is 13.5. The Morgan fingerprint density at radius 2 is 1.68 bits per heavy atom. The summed E-state index contributed by atoms with van der Waals surface area (Å²) >= 11 is 0. The summed E-state index contributed by atoms with van der Waals surface area (Å²) in [5.41, 5.74) is 7.04. The molecule has 1 aromatic heterocycles. The van der Waals surface area contributed by atoms with E-state index in [0.717, 1.165) is 18.6 Å². The molecule has 22 heavy (non-hydrogen) atoms. The van der Waals surface area contributed by atoms with Crippen LogP contribution in [0.2, 0.25) is 0 Å². The Morgan fingerprint density at radius 1 is 1.00 bits per heavy atom. The third kappa shape index (κ3) is 5.37. The summed E-state index contributed by atoms with van der Waals surface area (Å²) in [6.07, 6.45) is 3.76. The van der Waals surface area contributed by atoms with E-state index in [-0.39, 0.29) is 12.1 Å². The highest BCUT2D eigenvalue weighted by molar-refractivity contribution is 5.33. The van der Waals surface area contributed by atoms with Gasteiger partial charge in [-0.2, -0.15) is 0 Å². The van der Waals surface area contributed by atoms with Gasteiger partial charge in [0.15, 0.2) is 0 Å². The maximum atomic E-state index is 5.78. The maximum Gasteiger partial charge on any atom is 0.213 e. The lowest BCUT2D eigenvalue weighted by atomic mass is 10.1. The molecule has 0 saturated heterocycles. The van der Waals surface area contributed by atoms with Crippen molar-refractivity contribution in [3.8, 4) is 17.4 Å². The molecule has 0 aliphatic rings. The van der Waals surface area contributed by atoms with E-state index in [1.54, 1.807) is 6.20 Å². The zero-order valence-electron chi connectivity index (χ0n) is 13.5. The molecule has 0 amide bonds. The van der Waals surface area contributed by atoms with Gasteiger partial charge in [0.1, 0.15) is 11.5 Å². The molecule has 0 bridgehead atoms. The number of benzene rings is 1. The molecule has 0 aliphatic heterocycles. The number of ether oxygens (including phenoxy) is 2. The first kappa shape index (κ1) is 16.3. The first-order valence-electron chi connectivity index (χ1n) is 7.68. The fraction of sp³-hybridized carbons (Fsp3) is 0.389. The van der Waals surface area contributed by atoms with E-state index in [2.05, 4.69) is 17.1 Å². The van der Waals surface area contributed by atoms with E-state index in [0.29, 0.717) is 11.6 Å². The van der Waals surface area contributed by atoms with Gasteiger partial charge in [-0.3, -0.25) is 0 Å². The molecule has 2 aromatic rings. The highest BCUT2D eigenvalue weighted by Crippen LogP contribution is 2.23. The highest BCUT2D eigenvalue weighted by Gasteiger charge is 2.02. The van der Waals surface area contributed by atoms with E-state index in [4.69, 9.17) is 15.2 Å². The Morgan fingerprint density at radius 3 is 2.23 bits per heavy atom.